The Balaban J connectivity index is 2.19. The molecule has 2 aromatic carbocycles. The average molecular weight is 361 g/mol. The van der Waals surface area contributed by atoms with Gasteiger partial charge in [0.25, 0.3) is 0 Å². The van der Waals surface area contributed by atoms with Gasteiger partial charge in [-0.05, 0) is 61.5 Å². The zero-order chi connectivity index (χ0) is 15.9. The molecule has 22 heavy (non-hydrogen) atoms. The van der Waals surface area contributed by atoms with Crippen molar-refractivity contribution in [3.05, 3.63) is 64.1 Å². The Labute approximate surface area is 138 Å². The van der Waals surface area contributed by atoms with Crippen LogP contribution in [0.25, 0.3) is 6.08 Å². The Morgan fingerprint density at radius 3 is 2.55 bits per heavy atom. The van der Waals surface area contributed by atoms with Crippen molar-refractivity contribution in [1.82, 2.24) is 0 Å². The second-order valence-corrected chi connectivity index (χ2v) is 5.46. The number of carbonyl (C=O) groups excluding carboxylic acids is 1. The lowest BCUT2D eigenvalue weighted by Gasteiger charge is -2.07. The second-order valence-electron chi connectivity index (χ2n) is 4.54. The van der Waals surface area contributed by atoms with Gasteiger partial charge in [-0.1, -0.05) is 15.9 Å². The van der Waals surface area contributed by atoms with E-state index in [1.165, 1.54) is 0 Å². The van der Waals surface area contributed by atoms with Crippen molar-refractivity contribution >= 4 is 27.8 Å². The summed E-state index contributed by atoms with van der Waals surface area (Å²) in [5, 5.41) is 0. The molecular weight excluding hydrogens is 344 g/mol. The number of halogens is 1. The monoisotopic (exact) mass is 360 g/mol. The second kappa shape index (κ2) is 7.80. The summed E-state index contributed by atoms with van der Waals surface area (Å²) in [6, 6.07) is 12.7. The van der Waals surface area contributed by atoms with E-state index in [0.717, 1.165) is 21.5 Å². The molecule has 0 aliphatic heterocycles. The first kappa shape index (κ1) is 16.3. The topological polar surface area (TPSA) is 35.5 Å². The van der Waals surface area contributed by atoms with Gasteiger partial charge in [-0.15, -0.1) is 0 Å². The van der Waals surface area contributed by atoms with Crippen LogP contribution in [0, 0.1) is 0 Å². The highest BCUT2D eigenvalue weighted by Crippen LogP contribution is 2.25. The third-order valence-corrected chi connectivity index (χ3v) is 3.55. The number of carbonyl (C=O) groups is 1. The predicted octanol–water partition coefficient (Wildman–Crippen LogP) is 4.75. The van der Waals surface area contributed by atoms with Gasteiger partial charge >= 0.3 is 0 Å². The van der Waals surface area contributed by atoms with E-state index in [0.29, 0.717) is 12.2 Å². The van der Waals surface area contributed by atoms with Crippen molar-refractivity contribution in [1.29, 1.82) is 0 Å². The van der Waals surface area contributed by atoms with E-state index in [2.05, 4.69) is 15.9 Å². The molecule has 0 atom stereocenters. The maximum absolute atomic E-state index is 12.2. The van der Waals surface area contributed by atoms with Crippen molar-refractivity contribution in [3.63, 3.8) is 0 Å². The Morgan fingerprint density at radius 2 is 1.91 bits per heavy atom. The predicted molar refractivity (Wildman–Crippen MR) is 91.7 cm³/mol. The van der Waals surface area contributed by atoms with Crippen LogP contribution >= 0.6 is 15.9 Å². The van der Waals surface area contributed by atoms with Crippen molar-refractivity contribution < 1.29 is 14.3 Å². The van der Waals surface area contributed by atoms with E-state index in [1.54, 1.807) is 43.5 Å². The first-order chi connectivity index (χ1) is 10.6. The number of ketones is 1. The maximum atomic E-state index is 12.2. The zero-order valence-corrected chi connectivity index (χ0v) is 14.1. The first-order valence-electron chi connectivity index (χ1n) is 6.93. The molecule has 3 nitrogen and oxygen atoms in total. The third-order valence-electron chi connectivity index (χ3n) is 3.06. The van der Waals surface area contributed by atoms with Crippen LogP contribution in [-0.4, -0.2) is 19.5 Å². The van der Waals surface area contributed by atoms with Gasteiger partial charge in [-0.25, -0.2) is 0 Å². The Bertz CT molecular complexity index is 675. The van der Waals surface area contributed by atoms with Crippen molar-refractivity contribution in [2.24, 2.45) is 0 Å². The van der Waals surface area contributed by atoms with Gasteiger partial charge in [0.2, 0.25) is 0 Å². The smallest absolute Gasteiger partial charge is 0.185 e. The summed E-state index contributed by atoms with van der Waals surface area (Å²) >= 11 is 3.43. The molecule has 0 saturated heterocycles. The summed E-state index contributed by atoms with van der Waals surface area (Å²) < 4.78 is 11.6. The van der Waals surface area contributed by atoms with E-state index < -0.39 is 0 Å². The minimum Gasteiger partial charge on any atom is -0.497 e. The fraction of sp³-hybridized carbons (Fsp3) is 0.167. The van der Waals surface area contributed by atoms with Gasteiger partial charge in [0.1, 0.15) is 11.5 Å². The molecule has 0 radical (unpaired) electrons. The number of hydrogen-bond donors (Lipinski definition) is 0. The van der Waals surface area contributed by atoms with Crippen LogP contribution in [0.15, 0.2) is 53.0 Å². The fourth-order valence-corrected chi connectivity index (χ4v) is 2.33. The largest absolute Gasteiger partial charge is 0.497 e. The number of ether oxygens (including phenoxy) is 2. The molecule has 2 aromatic rings. The van der Waals surface area contributed by atoms with Gasteiger partial charge < -0.3 is 9.47 Å². The Hall–Kier alpha value is -2.07. The lowest BCUT2D eigenvalue weighted by molar-refractivity contribution is 0.104. The molecule has 0 aliphatic rings. The van der Waals surface area contributed by atoms with Crippen LogP contribution in [0.1, 0.15) is 22.8 Å². The highest BCUT2D eigenvalue weighted by molar-refractivity contribution is 9.10. The number of allylic oxidation sites excluding steroid dienone is 1. The molecular formula is C18H17BrO3. The van der Waals surface area contributed by atoms with Gasteiger partial charge in [0, 0.05) is 15.6 Å². The molecule has 0 fully saturated rings. The molecule has 0 aromatic heterocycles. The van der Waals surface area contributed by atoms with Gasteiger partial charge in [0.05, 0.1) is 13.7 Å². The van der Waals surface area contributed by atoms with Crippen LogP contribution in [0.3, 0.4) is 0 Å². The van der Waals surface area contributed by atoms with Gasteiger partial charge in [0.15, 0.2) is 5.78 Å². The minimum absolute atomic E-state index is 0.0647. The number of methoxy groups -OCH3 is 1. The highest BCUT2D eigenvalue weighted by atomic mass is 79.9. The van der Waals surface area contributed by atoms with Crippen LogP contribution in [0.2, 0.25) is 0 Å². The fourth-order valence-electron chi connectivity index (χ4n) is 1.95. The number of benzene rings is 2. The van der Waals surface area contributed by atoms with E-state index >= 15 is 0 Å². The van der Waals surface area contributed by atoms with Gasteiger partial charge in [-0.2, -0.15) is 0 Å². The van der Waals surface area contributed by atoms with Crippen LogP contribution < -0.4 is 9.47 Å². The zero-order valence-electron chi connectivity index (χ0n) is 12.5. The van der Waals surface area contributed by atoms with Crippen molar-refractivity contribution in [2.75, 3.05) is 13.7 Å². The number of hydrogen-bond acceptors (Lipinski definition) is 3. The summed E-state index contributed by atoms with van der Waals surface area (Å²) in [7, 11) is 1.60. The molecule has 0 N–H and O–H groups in total. The molecule has 2 rings (SSSR count). The lowest BCUT2D eigenvalue weighted by Crippen LogP contribution is -1.96. The van der Waals surface area contributed by atoms with Crippen molar-refractivity contribution in [2.45, 2.75) is 6.92 Å². The quantitative estimate of drug-likeness (QED) is 0.550. The molecule has 0 heterocycles. The standard InChI is InChI=1S/C18H17BrO3/c1-3-22-18-11-7-15(19)12-14(18)6-10-17(20)13-4-8-16(21-2)9-5-13/h4-12H,3H2,1-2H3/b10-6+. The van der Waals surface area contributed by atoms with E-state index in [1.807, 2.05) is 25.1 Å². The SMILES string of the molecule is CCOc1ccc(Br)cc1/C=C/C(=O)c1ccc(OC)cc1. The summed E-state index contributed by atoms with van der Waals surface area (Å²) in [5.74, 6) is 1.42. The minimum atomic E-state index is -0.0647. The van der Waals surface area contributed by atoms with Gasteiger partial charge in [-0.3, -0.25) is 4.79 Å². The normalized spacial score (nSPS) is 10.7. The molecule has 4 heteroatoms. The molecule has 0 bridgehead atoms. The molecule has 0 unspecified atom stereocenters. The summed E-state index contributed by atoms with van der Waals surface area (Å²) in [4.78, 5) is 12.2. The van der Waals surface area contributed by atoms with E-state index in [4.69, 9.17) is 9.47 Å². The van der Waals surface area contributed by atoms with E-state index in [9.17, 15) is 4.79 Å². The maximum Gasteiger partial charge on any atom is 0.185 e. The third kappa shape index (κ3) is 4.21. The van der Waals surface area contributed by atoms with Crippen LogP contribution in [-0.2, 0) is 0 Å². The lowest BCUT2D eigenvalue weighted by atomic mass is 10.1. The molecule has 0 aliphatic carbocycles. The summed E-state index contributed by atoms with van der Waals surface area (Å²) in [6.07, 6.45) is 3.31. The molecule has 0 saturated carbocycles. The molecule has 0 spiro atoms. The van der Waals surface area contributed by atoms with Crippen LogP contribution in [0.5, 0.6) is 11.5 Å². The first-order valence-corrected chi connectivity index (χ1v) is 7.72. The Morgan fingerprint density at radius 1 is 1.18 bits per heavy atom. The summed E-state index contributed by atoms with van der Waals surface area (Å²) in [5.41, 5.74) is 1.48. The highest BCUT2D eigenvalue weighted by Gasteiger charge is 2.04. The molecule has 0 amide bonds. The average Bonchev–Trinajstić information content (AvgIpc) is 2.55. The Kier molecular flexibility index (Phi) is 5.78. The van der Waals surface area contributed by atoms with Crippen molar-refractivity contribution in [3.8, 4) is 11.5 Å². The molecule has 114 valence electrons. The number of rotatable bonds is 6. The van der Waals surface area contributed by atoms with E-state index in [-0.39, 0.29) is 5.78 Å². The van der Waals surface area contributed by atoms with Crippen LogP contribution in [0.4, 0.5) is 0 Å². The summed E-state index contributed by atoms with van der Waals surface area (Å²) in [6.45, 7) is 2.51.